The topological polar surface area (TPSA) is 79.5 Å². The molecule has 0 fully saturated rings. The first-order valence-electron chi connectivity index (χ1n) is 7.58. The summed E-state index contributed by atoms with van der Waals surface area (Å²) in [4.78, 5) is 24.0. The van der Waals surface area contributed by atoms with Gasteiger partial charge in [0, 0.05) is 16.7 Å². The van der Waals surface area contributed by atoms with E-state index in [2.05, 4.69) is 38.8 Å². The summed E-state index contributed by atoms with van der Waals surface area (Å²) in [7, 11) is 1.56. The van der Waals surface area contributed by atoms with Crippen molar-refractivity contribution >= 4 is 69.4 Å². The predicted octanol–water partition coefficient (Wildman–Crippen LogP) is 3.30. The van der Waals surface area contributed by atoms with Gasteiger partial charge >= 0.3 is 0 Å². The second kappa shape index (κ2) is 10.2. The highest BCUT2D eigenvalue weighted by molar-refractivity contribution is 14.1. The number of amides is 2. The van der Waals surface area contributed by atoms with E-state index in [4.69, 9.17) is 28.6 Å². The molecule has 3 N–H and O–H groups in total. The molecule has 0 aromatic heterocycles. The molecular weight excluding hydrogens is 501 g/mol. The fraction of sp³-hybridized carbons (Fsp3) is 0.0556. The van der Waals surface area contributed by atoms with E-state index in [1.807, 2.05) is 6.07 Å². The maximum absolute atomic E-state index is 12.1. The van der Waals surface area contributed by atoms with Crippen molar-refractivity contribution in [1.82, 2.24) is 16.2 Å². The number of methoxy groups -OCH3 is 1. The van der Waals surface area contributed by atoms with Gasteiger partial charge in [-0.25, -0.2) is 0 Å². The van der Waals surface area contributed by atoms with Crippen LogP contribution in [0.5, 0.6) is 5.75 Å². The maximum Gasteiger partial charge on any atom is 0.269 e. The molecular formula is C18H15ClIN3O3S. The Hall–Kier alpha value is -2.17. The summed E-state index contributed by atoms with van der Waals surface area (Å²) < 4.78 is 5.94. The molecule has 2 amide bonds. The molecule has 0 saturated heterocycles. The minimum absolute atomic E-state index is 0.0413. The summed E-state index contributed by atoms with van der Waals surface area (Å²) in [6.07, 6.45) is 2.86. The first kappa shape index (κ1) is 21.1. The standard InChI is InChI=1S/C18H15ClIN3O3S/c1-26-15-8-6-12(10-14(15)20)17(25)22-23-18(27)21-16(24)9-7-11-4-2-3-5-13(11)19/h2-10H,1H3,(H,22,25)(H2,21,23,24,27)/b9-7+. The first-order chi connectivity index (χ1) is 12.9. The lowest BCUT2D eigenvalue weighted by Gasteiger charge is -2.10. The lowest BCUT2D eigenvalue weighted by Crippen LogP contribution is -2.48. The molecule has 0 radical (unpaired) electrons. The summed E-state index contributed by atoms with van der Waals surface area (Å²) in [5, 5.41) is 2.91. The number of ether oxygens (including phenoxy) is 1. The van der Waals surface area contributed by atoms with Gasteiger partial charge in [0.05, 0.1) is 10.7 Å². The van der Waals surface area contributed by atoms with E-state index in [9.17, 15) is 9.59 Å². The zero-order valence-electron chi connectivity index (χ0n) is 14.1. The van der Waals surface area contributed by atoms with Gasteiger partial charge in [-0.3, -0.25) is 25.8 Å². The Morgan fingerprint density at radius 3 is 2.59 bits per heavy atom. The molecule has 9 heteroatoms. The molecule has 0 unspecified atom stereocenters. The van der Waals surface area contributed by atoms with Crippen molar-refractivity contribution in [3.63, 3.8) is 0 Å². The van der Waals surface area contributed by atoms with E-state index in [1.54, 1.807) is 49.6 Å². The Bertz CT molecular complexity index is 905. The lowest BCUT2D eigenvalue weighted by molar-refractivity contribution is -0.115. The average Bonchev–Trinajstić information content (AvgIpc) is 2.65. The third-order valence-corrected chi connectivity index (χ3v) is 4.65. The summed E-state index contributed by atoms with van der Waals surface area (Å²) in [6.45, 7) is 0. The number of carbonyl (C=O) groups excluding carboxylic acids is 2. The summed E-state index contributed by atoms with van der Waals surface area (Å²) in [5.41, 5.74) is 6.01. The number of hydrogen-bond donors (Lipinski definition) is 3. The van der Waals surface area contributed by atoms with Gasteiger partial charge in [-0.05, 0) is 70.7 Å². The Kier molecular flexibility index (Phi) is 8.01. The Balaban J connectivity index is 1.85. The second-order valence-electron chi connectivity index (χ2n) is 5.10. The van der Waals surface area contributed by atoms with Crippen molar-refractivity contribution in [2.75, 3.05) is 7.11 Å². The van der Waals surface area contributed by atoms with Crippen LogP contribution in [0, 0.1) is 3.57 Å². The van der Waals surface area contributed by atoms with Crippen molar-refractivity contribution in [3.8, 4) is 5.75 Å². The quantitative estimate of drug-likeness (QED) is 0.252. The Morgan fingerprint density at radius 2 is 1.93 bits per heavy atom. The molecule has 0 atom stereocenters. The molecule has 2 rings (SSSR count). The summed E-state index contributed by atoms with van der Waals surface area (Å²) in [5.74, 6) is -0.187. The van der Waals surface area contributed by atoms with Crippen LogP contribution in [-0.2, 0) is 4.79 Å². The lowest BCUT2D eigenvalue weighted by atomic mass is 10.2. The zero-order chi connectivity index (χ0) is 19.8. The van der Waals surface area contributed by atoms with Gasteiger partial charge in [-0.15, -0.1) is 0 Å². The van der Waals surface area contributed by atoms with E-state index < -0.39 is 11.8 Å². The van der Waals surface area contributed by atoms with Crippen LogP contribution in [0.15, 0.2) is 48.5 Å². The minimum atomic E-state index is -0.458. The molecule has 0 aliphatic carbocycles. The van der Waals surface area contributed by atoms with Crippen molar-refractivity contribution in [1.29, 1.82) is 0 Å². The molecule has 27 heavy (non-hydrogen) atoms. The van der Waals surface area contributed by atoms with Gasteiger partial charge in [0.1, 0.15) is 5.75 Å². The van der Waals surface area contributed by atoms with Gasteiger partial charge < -0.3 is 4.74 Å². The third kappa shape index (κ3) is 6.49. The number of nitrogens with one attached hydrogen (secondary N) is 3. The number of thiocarbonyl (C=S) groups is 1. The van der Waals surface area contributed by atoms with Crippen molar-refractivity contribution in [2.45, 2.75) is 0 Å². The number of carbonyl (C=O) groups is 2. The largest absolute Gasteiger partial charge is 0.496 e. The van der Waals surface area contributed by atoms with E-state index in [-0.39, 0.29) is 5.11 Å². The monoisotopic (exact) mass is 515 g/mol. The number of halogens is 2. The smallest absolute Gasteiger partial charge is 0.269 e. The second-order valence-corrected chi connectivity index (χ2v) is 7.08. The number of rotatable bonds is 4. The highest BCUT2D eigenvalue weighted by Crippen LogP contribution is 2.21. The fourth-order valence-electron chi connectivity index (χ4n) is 1.95. The highest BCUT2D eigenvalue weighted by Gasteiger charge is 2.09. The maximum atomic E-state index is 12.1. The van der Waals surface area contributed by atoms with Gasteiger partial charge in [-0.1, -0.05) is 29.8 Å². The van der Waals surface area contributed by atoms with Crippen LogP contribution in [0.3, 0.4) is 0 Å². The molecule has 2 aromatic rings. The molecule has 0 aliphatic rings. The fourth-order valence-corrected chi connectivity index (χ4v) is 3.04. The SMILES string of the molecule is COc1ccc(C(=O)NNC(=S)NC(=O)/C=C/c2ccccc2Cl)cc1I. The van der Waals surface area contributed by atoms with E-state index in [0.717, 1.165) is 3.57 Å². The molecule has 0 saturated carbocycles. The van der Waals surface area contributed by atoms with Gasteiger partial charge in [-0.2, -0.15) is 0 Å². The minimum Gasteiger partial charge on any atom is -0.496 e. The zero-order valence-corrected chi connectivity index (χ0v) is 17.8. The summed E-state index contributed by atoms with van der Waals surface area (Å²) >= 11 is 13.1. The molecule has 0 bridgehead atoms. The third-order valence-electron chi connectivity index (χ3n) is 3.26. The first-order valence-corrected chi connectivity index (χ1v) is 9.44. The van der Waals surface area contributed by atoms with Gasteiger partial charge in [0.25, 0.3) is 5.91 Å². The van der Waals surface area contributed by atoms with Crippen LogP contribution in [0.2, 0.25) is 5.02 Å². The van der Waals surface area contributed by atoms with E-state index >= 15 is 0 Å². The van der Waals surface area contributed by atoms with Crippen LogP contribution in [-0.4, -0.2) is 24.0 Å². The van der Waals surface area contributed by atoms with Crippen molar-refractivity contribution in [3.05, 3.63) is 68.3 Å². The molecule has 0 spiro atoms. The summed E-state index contributed by atoms with van der Waals surface area (Å²) in [6, 6.07) is 12.1. The average molecular weight is 516 g/mol. The van der Waals surface area contributed by atoms with Crippen molar-refractivity contribution in [2.24, 2.45) is 0 Å². The molecule has 0 aliphatic heterocycles. The number of hydrazine groups is 1. The van der Waals surface area contributed by atoms with Crippen LogP contribution in [0.25, 0.3) is 6.08 Å². The van der Waals surface area contributed by atoms with Gasteiger partial charge in [0.15, 0.2) is 5.11 Å². The van der Waals surface area contributed by atoms with Crippen LogP contribution < -0.4 is 20.9 Å². The van der Waals surface area contributed by atoms with Gasteiger partial charge in [0.2, 0.25) is 5.91 Å². The Labute approximate surface area is 180 Å². The normalized spacial score (nSPS) is 10.3. The molecule has 2 aromatic carbocycles. The van der Waals surface area contributed by atoms with Crippen LogP contribution in [0.1, 0.15) is 15.9 Å². The molecule has 140 valence electrons. The Morgan fingerprint density at radius 1 is 1.19 bits per heavy atom. The number of hydrogen-bond acceptors (Lipinski definition) is 4. The predicted molar refractivity (Wildman–Crippen MR) is 118 cm³/mol. The number of benzene rings is 2. The van der Waals surface area contributed by atoms with E-state index in [0.29, 0.717) is 21.9 Å². The molecule has 6 nitrogen and oxygen atoms in total. The van der Waals surface area contributed by atoms with Crippen LogP contribution >= 0.6 is 46.4 Å². The van der Waals surface area contributed by atoms with Crippen LogP contribution in [0.4, 0.5) is 0 Å². The van der Waals surface area contributed by atoms with Crippen molar-refractivity contribution < 1.29 is 14.3 Å². The van der Waals surface area contributed by atoms with E-state index in [1.165, 1.54) is 6.08 Å². The molecule has 0 heterocycles. The highest BCUT2D eigenvalue weighted by atomic mass is 127.